The maximum Gasteiger partial charge on any atom is 0.177 e. The smallest absolute Gasteiger partial charge is 0.177 e. The molecular formula is C11H13BrN4O. The first-order chi connectivity index (χ1) is 8.17. The van der Waals surface area contributed by atoms with Gasteiger partial charge in [0.2, 0.25) is 0 Å². The van der Waals surface area contributed by atoms with Crippen molar-refractivity contribution in [3.8, 4) is 0 Å². The van der Waals surface area contributed by atoms with Crippen LogP contribution in [0.3, 0.4) is 0 Å². The Morgan fingerprint density at radius 3 is 2.94 bits per heavy atom. The van der Waals surface area contributed by atoms with Crippen LogP contribution in [0.15, 0.2) is 16.7 Å². The molecule has 3 N–H and O–H groups in total. The monoisotopic (exact) mass is 296 g/mol. The molecule has 0 atom stereocenters. The number of halogens is 1. The summed E-state index contributed by atoms with van der Waals surface area (Å²) in [7, 11) is 0. The summed E-state index contributed by atoms with van der Waals surface area (Å²) in [5, 5.41) is 0. The number of aromatic nitrogens is 3. The summed E-state index contributed by atoms with van der Waals surface area (Å²) in [6.07, 6.45) is 3.31. The Hall–Kier alpha value is -0.980. The molecule has 1 fully saturated rings. The Kier molecular flexibility index (Phi) is 2.65. The number of aromatic amines is 1. The topological polar surface area (TPSA) is 76.8 Å². The van der Waals surface area contributed by atoms with Crippen LogP contribution in [-0.2, 0) is 10.3 Å². The van der Waals surface area contributed by atoms with Crippen molar-refractivity contribution in [1.82, 2.24) is 15.0 Å². The predicted molar refractivity (Wildman–Crippen MR) is 67.5 cm³/mol. The number of hydrogen-bond acceptors (Lipinski definition) is 4. The van der Waals surface area contributed by atoms with Gasteiger partial charge in [0.15, 0.2) is 5.65 Å². The van der Waals surface area contributed by atoms with Crippen molar-refractivity contribution in [2.24, 2.45) is 5.73 Å². The lowest BCUT2D eigenvalue weighted by molar-refractivity contribution is 0.0496. The first-order valence-corrected chi connectivity index (χ1v) is 6.35. The van der Waals surface area contributed by atoms with E-state index in [-0.39, 0.29) is 0 Å². The summed E-state index contributed by atoms with van der Waals surface area (Å²) in [6, 6.07) is 1.96. The quantitative estimate of drug-likeness (QED) is 0.839. The zero-order valence-electron chi connectivity index (χ0n) is 9.24. The number of nitrogens with zero attached hydrogens (tertiary/aromatic N) is 2. The molecule has 3 rings (SSSR count). The molecule has 0 saturated carbocycles. The number of rotatable bonds is 1. The Morgan fingerprint density at radius 1 is 1.41 bits per heavy atom. The first-order valence-electron chi connectivity index (χ1n) is 5.56. The number of fused-ring (bicyclic) bond motifs is 1. The van der Waals surface area contributed by atoms with Crippen LogP contribution in [0.25, 0.3) is 11.2 Å². The number of hydrogen-bond donors (Lipinski definition) is 2. The van der Waals surface area contributed by atoms with Gasteiger partial charge in [-0.2, -0.15) is 0 Å². The molecule has 1 saturated heterocycles. The van der Waals surface area contributed by atoms with Crippen molar-refractivity contribution < 1.29 is 4.74 Å². The lowest BCUT2D eigenvalue weighted by Crippen LogP contribution is -2.43. The van der Waals surface area contributed by atoms with E-state index in [0.29, 0.717) is 18.9 Å². The number of H-pyrrole nitrogens is 1. The highest BCUT2D eigenvalue weighted by Crippen LogP contribution is 2.28. The molecule has 90 valence electrons. The fraction of sp³-hybridized carbons (Fsp3) is 0.455. The first kappa shape index (κ1) is 11.1. The molecule has 2 aromatic heterocycles. The average Bonchev–Trinajstić information content (AvgIpc) is 2.73. The molecule has 3 heterocycles. The second-order valence-electron chi connectivity index (χ2n) is 4.38. The zero-order chi connectivity index (χ0) is 11.9. The van der Waals surface area contributed by atoms with Crippen molar-refractivity contribution in [2.75, 3.05) is 13.2 Å². The van der Waals surface area contributed by atoms with Gasteiger partial charge in [-0.1, -0.05) is 0 Å². The van der Waals surface area contributed by atoms with Crippen LogP contribution in [-0.4, -0.2) is 28.2 Å². The van der Waals surface area contributed by atoms with Gasteiger partial charge in [-0.25, -0.2) is 9.97 Å². The van der Waals surface area contributed by atoms with Gasteiger partial charge in [0, 0.05) is 23.9 Å². The zero-order valence-corrected chi connectivity index (χ0v) is 10.8. The molecule has 0 aliphatic carbocycles. The number of nitrogens with one attached hydrogen (secondary N) is 1. The fourth-order valence-corrected chi connectivity index (χ4v) is 2.41. The third-order valence-corrected chi connectivity index (χ3v) is 3.59. The van der Waals surface area contributed by atoms with E-state index < -0.39 is 5.54 Å². The van der Waals surface area contributed by atoms with Crippen LogP contribution in [0.4, 0.5) is 0 Å². The summed E-state index contributed by atoms with van der Waals surface area (Å²) in [5.41, 5.74) is 7.57. The van der Waals surface area contributed by atoms with E-state index >= 15 is 0 Å². The minimum absolute atomic E-state index is 0.411. The normalized spacial score (nSPS) is 19.6. The van der Waals surface area contributed by atoms with Gasteiger partial charge in [0.05, 0.1) is 11.1 Å². The molecular weight excluding hydrogens is 284 g/mol. The Morgan fingerprint density at radius 2 is 2.18 bits per heavy atom. The van der Waals surface area contributed by atoms with E-state index in [0.717, 1.165) is 28.7 Å². The maximum absolute atomic E-state index is 6.37. The molecule has 1 aliphatic rings. The van der Waals surface area contributed by atoms with E-state index in [2.05, 4.69) is 30.9 Å². The molecule has 0 radical (unpaired) electrons. The average molecular weight is 297 g/mol. The fourth-order valence-electron chi connectivity index (χ4n) is 2.08. The van der Waals surface area contributed by atoms with Crippen molar-refractivity contribution in [3.63, 3.8) is 0 Å². The van der Waals surface area contributed by atoms with Gasteiger partial charge in [-0.3, -0.25) is 0 Å². The largest absolute Gasteiger partial charge is 0.381 e. The van der Waals surface area contributed by atoms with Gasteiger partial charge in [-0.15, -0.1) is 0 Å². The minimum atomic E-state index is -0.411. The van der Waals surface area contributed by atoms with E-state index in [1.165, 1.54) is 0 Å². The molecule has 0 spiro atoms. The van der Waals surface area contributed by atoms with Crippen LogP contribution < -0.4 is 5.73 Å². The van der Waals surface area contributed by atoms with Gasteiger partial charge >= 0.3 is 0 Å². The van der Waals surface area contributed by atoms with Crippen LogP contribution in [0.2, 0.25) is 0 Å². The SMILES string of the molecule is NC1(c2nc3ncc(Br)cc3[nH]2)CCOCC1. The van der Waals surface area contributed by atoms with Crippen molar-refractivity contribution in [1.29, 1.82) is 0 Å². The summed E-state index contributed by atoms with van der Waals surface area (Å²) in [6.45, 7) is 1.37. The van der Waals surface area contributed by atoms with Gasteiger partial charge in [0.25, 0.3) is 0 Å². The van der Waals surface area contributed by atoms with Crippen molar-refractivity contribution >= 4 is 27.1 Å². The third kappa shape index (κ3) is 1.96. The van der Waals surface area contributed by atoms with E-state index in [9.17, 15) is 0 Å². The lowest BCUT2D eigenvalue weighted by Gasteiger charge is -2.31. The minimum Gasteiger partial charge on any atom is -0.381 e. The van der Waals surface area contributed by atoms with E-state index in [1.54, 1.807) is 6.20 Å². The summed E-state index contributed by atoms with van der Waals surface area (Å²) in [5.74, 6) is 0.807. The molecule has 1 aliphatic heterocycles. The molecule has 0 aromatic carbocycles. The van der Waals surface area contributed by atoms with E-state index in [4.69, 9.17) is 10.5 Å². The standard InChI is InChI=1S/C11H13BrN4O/c12-7-5-8-9(14-6-7)16-10(15-8)11(13)1-3-17-4-2-11/h5-6H,1-4,13H2,(H,14,15,16). The second kappa shape index (κ2) is 4.04. The highest BCUT2D eigenvalue weighted by molar-refractivity contribution is 9.10. The summed E-state index contributed by atoms with van der Waals surface area (Å²) >= 11 is 3.39. The number of ether oxygens (including phenoxy) is 1. The van der Waals surface area contributed by atoms with Crippen LogP contribution in [0, 0.1) is 0 Å². The van der Waals surface area contributed by atoms with Crippen molar-refractivity contribution in [2.45, 2.75) is 18.4 Å². The number of pyridine rings is 1. The third-order valence-electron chi connectivity index (χ3n) is 3.16. The summed E-state index contributed by atoms with van der Waals surface area (Å²) in [4.78, 5) is 12.0. The molecule has 6 heteroatoms. The van der Waals surface area contributed by atoms with Gasteiger partial charge in [-0.05, 0) is 34.8 Å². The lowest BCUT2D eigenvalue weighted by atomic mass is 9.91. The molecule has 17 heavy (non-hydrogen) atoms. The Bertz CT molecular complexity index is 547. The Balaban J connectivity index is 2.05. The maximum atomic E-state index is 6.37. The molecule has 0 bridgehead atoms. The molecule has 0 amide bonds. The van der Waals surface area contributed by atoms with E-state index in [1.807, 2.05) is 6.07 Å². The second-order valence-corrected chi connectivity index (χ2v) is 5.29. The van der Waals surface area contributed by atoms with Crippen LogP contribution >= 0.6 is 15.9 Å². The highest BCUT2D eigenvalue weighted by atomic mass is 79.9. The molecule has 0 unspecified atom stereocenters. The predicted octanol–water partition coefficient (Wildman–Crippen LogP) is 1.68. The molecule has 2 aromatic rings. The van der Waals surface area contributed by atoms with Crippen molar-refractivity contribution in [3.05, 3.63) is 22.6 Å². The van der Waals surface area contributed by atoms with Gasteiger partial charge in [0.1, 0.15) is 5.82 Å². The Labute approximate surface area is 107 Å². The highest BCUT2D eigenvalue weighted by Gasteiger charge is 2.33. The van der Waals surface area contributed by atoms with Crippen LogP contribution in [0.5, 0.6) is 0 Å². The summed E-state index contributed by atoms with van der Waals surface area (Å²) < 4.78 is 6.26. The number of imidazole rings is 1. The molecule has 5 nitrogen and oxygen atoms in total. The van der Waals surface area contributed by atoms with Gasteiger partial charge < -0.3 is 15.5 Å². The van der Waals surface area contributed by atoms with Crippen LogP contribution in [0.1, 0.15) is 18.7 Å². The number of nitrogens with two attached hydrogens (primary N) is 1.